The zero-order valence-electron chi connectivity index (χ0n) is 7.29. The molecule has 0 aliphatic rings. The zero-order valence-corrected chi connectivity index (χ0v) is 8.86. The van der Waals surface area contributed by atoms with Crippen LogP contribution in [-0.4, -0.2) is 13.4 Å². The van der Waals surface area contributed by atoms with E-state index < -0.39 is 37.6 Å². The molecule has 16 heavy (non-hydrogen) atoms. The maximum atomic E-state index is 13.1. The maximum Gasteiger partial charge on any atom is 0.266 e. The summed E-state index contributed by atoms with van der Waals surface area (Å²) in [6, 6.07) is 1.79. The second-order valence-electron chi connectivity index (χ2n) is 2.57. The first-order chi connectivity index (χ1) is 7.27. The van der Waals surface area contributed by atoms with Gasteiger partial charge in [0.2, 0.25) is 5.95 Å². The van der Waals surface area contributed by atoms with Gasteiger partial charge in [0.15, 0.2) is 0 Å². The van der Waals surface area contributed by atoms with Crippen LogP contribution in [0.15, 0.2) is 11.0 Å². The fourth-order valence-electron chi connectivity index (χ4n) is 0.981. The first-order valence-corrected chi connectivity index (χ1v) is 5.91. The number of nitrogens with zero attached hydrogens (tertiary/aromatic N) is 2. The van der Waals surface area contributed by atoms with E-state index in [9.17, 15) is 21.6 Å². The van der Waals surface area contributed by atoms with E-state index in [2.05, 4.69) is 4.98 Å². The van der Waals surface area contributed by atoms with Gasteiger partial charge in [-0.05, 0) is 6.07 Å². The average molecular weight is 271 g/mol. The van der Waals surface area contributed by atoms with Crippen LogP contribution in [-0.2, 0) is 9.05 Å². The van der Waals surface area contributed by atoms with Crippen LogP contribution in [0.2, 0.25) is 0 Å². The summed E-state index contributed by atoms with van der Waals surface area (Å²) in [4.78, 5) is 1.48. The molecular formula is C7H2ClF3N2O2S. The number of halogens is 4. The largest absolute Gasteiger partial charge is 0.266 e. The SMILES string of the molecule is N#Cc1cc(C(F)F)c(S(=O)(=O)Cl)c(F)n1. The highest BCUT2D eigenvalue weighted by molar-refractivity contribution is 8.13. The normalized spacial score (nSPS) is 11.5. The molecule has 0 spiro atoms. The van der Waals surface area contributed by atoms with Gasteiger partial charge in [0.05, 0.1) is 0 Å². The highest BCUT2D eigenvalue weighted by Gasteiger charge is 2.28. The number of alkyl halides is 2. The summed E-state index contributed by atoms with van der Waals surface area (Å²) in [6.45, 7) is 0. The van der Waals surface area contributed by atoms with Crippen LogP contribution in [0.5, 0.6) is 0 Å². The molecule has 0 aliphatic heterocycles. The van der Waals surface area contributed by atoms with E-state index >= 15 is 0 Å². The lowest BCUT2D eigenvalue weighted by atomic mass is 10.2. The van der Waals surface area contributed by atoms with Crippen LogP contribution in [0, 0.1) is 17.3 Å². The number of hydrogen-bond acceptors (Lipinski definition) is 4. The van der Waals surface area contributed by atoms with E-state index in [1.165, 1.54) is 6.07 Å². The van der Waals surface area contributed by atoms with Gasteiger partial charge < -0.3 is 0 Å². The molecule has 86 valence electrons. The Morgan fingerprint density at radius 3 is 2.44 bits per heavy atom. The number of hydrogen-bond donors (Lipinski definition) is 0. The third kappa shape index (κ3) is 2.43. The van der Waals surface area contributed by atoms with Gasteiger partial charge in [-0.25, -0.2) is 22.2 Å². The summed E-state index contributed by atoms with van der Waals surface area (Å²) >= 11 is 0. The molecule has 0 aliphatic carbocycles. The maximum absolute atomic E-state index is 13.1. The van der Waals surface area contributed by atoms with Crippen molar-refractivity contribution >= 4 is 19.7 Å². The van der Waals surface area contributed by atoms with Crippen molar-refractivity contribution in [2.24, 2.45) is 0 Å². The lowest BCUT2D eigenvalue weighted by molar-refractivity contribution is 0.146. The summed E-state index contributed by atoms with van der Waals surface area (Å²) in [7, 11) is 0.0957. The first-order valence-electron chi connectivity index (χ1n) is 3.60. The molecule has 0 radical (unpaired) electrons. The summed E-state index contributed by atoms with van der Waals surface area (Å²) in [6.07, 6.45) is -3.28. The number of rotatable bonds is 2. The molecule has 0 saturated carbocycles. The molecule has 0 aromatic carbocycles. The molecule has 4 nitrogen and oxygen atoms in total. The van der Waals surface area contributed by atoms with Crippen molar-refractivity contribution in [3.8, 4) is 6.07 Å². The van der Waals surface area contributed by atoms with Gasteiger partial charge in [-0.1, -0.05) is 0 Å². The minimum Gasteiger partial charge on any atom is -0.208 e. The van der Waals surface area contributed by atoms with Gasteiger partial charge in [0.1, 0.15) is 16.7 Å². The Hall–Kier alpha value is -1.33. The predicted octanol–water partition coefficient (Wildman–Crippen LogP) is 1.96. The molecule has 0 bridgehead atoms. The third-order valence-electron chi connectivity index (χ3n) is 1.55. The number of aromatic nitrogens is 1. The molecule has 1 aromatic heterocycles. The van der Waals surface area contributed by atoms with Crippen LogP contribution < -0.4 is 0 Å². The van der Waals surface area contributed by atoms with Crippen LogP contribution in [0.3, 0.4) is 0 Å². The van der Waals surface area contributed by atoms with Gasteiger partial charge in [-0.15, -0.1) is 0 Å². The molecule has 1 heterocycles. The van der Waals surface area contributed by atoms with E-state index in [1.807, 2.05) is 0 Å². The molecule has 0 saturated heterocycles. The Labute approximate surface area is 92.7 Å². The predicted molar refractivity (Wildman–Crippen MR) is 46.9 cm³/mol. The van der Waals surface area contributed by atoms with Gasteiger partial charge in [-0.2, -0.15) is 9.65 Å². The number of nitriles is 1. The van der Waals surface area contributed by atoms with Crippen LogP contribution in [0.25, 0.3) is 0 Å². The molecule has 9 heteroatoms. The fourth-order valence-corrected chi connectivity index (χ4v) is 2.12. The van der Waals surface area contributed by atoms with Crippen molar-refractivity contribution in [3.63, 3.8) is 0 Å². The minimum absolute atomic E-state index is 0.475. The average Bonchev–Trinajstić information content (AvgIpc) is 2.14. The van der Waals surface area contributed by atoms with E-state index in [1.54, 1.807) is 0 Å². The standard InChI is InChI=1S/C7H2ClF3N2O2S/c8-16(14,15)5-4(6(9)10)1-3(2-12)13-7(5)11/h1,6H. The van der Waals surface area contributed by atoms with Crippen molar-refractivity contribution in [3.05, 3.63) is 23.3 Å². The zero-order chi connectivity index (χ0) is 12.5. The molecule has 0 amide bonds. The van der Waals surface area contributed by atoms with Gasteiger partial charge in [-0.3, -0.25) is 0 Å². The van der Waals surface area contributed by atoms with Crippen molar-refractivity contribution < 1.29 is 21.6 Å². The van der Waals surface area contributed by atoms with Gasteiger partial charge >= 0.3 is 0 Å². The fraction of sp³-hybridized carbons (Fsp3) is 0.143. The van der Waals surface area contributed by atoms with Crippen molar-refractivity contribution in [1.82, 2.24) is 4.98 Å². The Kier molecular flexibility index (Phi) is 3.40. The highest BCUT2D eigenvalue weighted by Crippen LogP contribution is 2.30. The van der Waals surface area contributed by atoms with E-state index in [0.29, 0.717) is 6.07 Å². The van der Waals surface area contributed by atoms with Gasteiger partial charge in [0.25, 0.3) is 15.5 Å². The molecule has 0 N–H and O–H groups in total. The van der Waals surface area contributed by atoms with Gasteiger partial charge in [0, 0.05) is 16.2 Å². The second-order valence-corrected chi connectivity index (χ2v) is 5.07. The number of pyridine rings is 1. The Balaban J connectivity index is 3.68. The quantitative estimate of drug-likeness (QED) is 0.608. The van der Waals surface area contributed by atoms with Crippen LogP contribution in [0.4, 0.5) is 13.2 Å². The summed E-state index contributed by atoms with van der Waals surface area (Å²) in [5.41, 5.74) is -1.84. The lowest BCUT2D eigenvalue weighted by Gasteiger charge is -2.06. The summed E-state index contributed by atoms with van der Waals surface area (Å²) in [5.74, 6) is -1.72. The summed E-state index contributed by atoms with van der Waals surface area (Å²) < 4.78 is 59.6. The van der Waals surface area contributed by atoms with E-state index in [0.717, 1.165) is 0 Å². The monoisotopic (exact) mass is 270 g/mol. The minimum atomic E-state index is -4.69. The molecule has 0 fully saturated rings. The second kappa shape index (κ2) is 4.27. The lowest BCUT2D eigenvalue weighted by Crippen LogP contribution is -2.06. The molecule has 0 unspecified atom stereocenters. The summed E-state index contributed by atoms with van der Waals surface area (Å²) in [5, 5.41) is 8.36. The van der Waals surface area contributed by atoms with E-state index in [-0.39, 0.29) is 0 Å². The Bertz CT molecular complexity index is 568. The van der Waals surface area contributed by atoms with Crippen molar-refractivity contribution in [2.45, 2.75) is 11.3 Å². The smallest absolute Gasteiger partial charge is 0.208 e. The molecule has 0 atom stereocenters. The highest BCUT2D eigenvalue weighted by atomic mass is 35.7. The van der Waals surface area contributed by atoms with E-state index in [4.69, 9.17) is 15.9 Å². The van der Waals surface area contributed by atoms with Crippen molar-refractivity contribution in [1.29, 1.82) is 5.26 Å². The van der Waals surface area contributed by atoms with Crippen molar-refractivity contribution in [2.75, 3.05) is 0 Å². The topological polar surface area (TPSA) is 70.8 Å². The Morgan fingerprint density at radius 1 is 1.50 bits per heavy atom. The molecule has 1 aromatic rings. The van der Waals surface area contributed by atoms with Crippen LogP contribution >= 0.6 is 10.7 Å². The first kappa shape index (κ1) is 12.7. The third-order valence-corrected chi connectivity index (χ3v) is 2.91. The molecular weight excluding hydrogens is 269 g/mol. The molecule has 1 rings (SSSR count). The van der Waals surface area contributed by atoms with Crippen LogP contribution in [0.1, 0.15) is 17.7 Å². The Morgan fingerprint density at radius 2 is 2.06 bits per heavy atom.